The molecule has 1 amide bonds. The molecule has 1 aromatic carbocycles. The van der Waals surface area contributed by atoms with E-state index in [-0.39, 0.29) is 36.2 Å². The van der Waals surface area contributed by atoms with Crippen LogP contribution >= 0.6 is 36.4 Å². The number of rotatable bonds is 6. The number of halogens is 3. The summed E-state index contributed by atoms with van der Waals surface area (Å²) in [7, 11) is 0. The van der Waals surface area contributed by atoms with Gasteiger partial charge in [0.25, 0.3) is 0 Å². The number of carbonyl (C=O) groups excluding carboxylic acids is 1. The minimum atomic E-state index is -0.423. The van der Waals surface area contributed by atoms with Gasteiger partial charge in [-0.3, -0.25) is 9.69 Å². The van der Waals surface area contributed by atoms with Crippen molar-refractivity contribution in [3.05, 3.63) is 28.8 Å². The van der Waals surface area contributed by atoms with Gasteiger partial charge in [-0.25, -0.2) is 0 Å². The highest BCUT2D eigenvalue weighted by atomic mass is 35.5. The number of piperidine rings is 1. The van der Waals surface area contributed by atoms with E-state index in [1.54, 1.807) is 0 Å². The van der Waals surface area contributed by atoms with Gasteiger partial charge in [0.15, 0.2) is 0 Å². The van der Waals surface area contributed by atoms with Crippen LogP contribution in [0.3, 0.4) is 0 Å². The van der Waals surface area contributed by atoms with Crippen LogP contribution in [0.2, 0.25) is 5.02 Å². The molecule has 1 saturated heterocycles. The van der Waals surface area contributed by atoms with E-state index in [4.69, 9.17) is 11.6 Å². The fraction of sp³-hybridized carbons (Fsp3) is 0.682. The van der Waals surface area contributed by atoms with Gasteiger partial charge in [-0.15, -0.1) is 24.8 Å². The molecule has 1 heterocycles. The molecule has 3 N–H and O–H groups in total. The summed E-state index contributed by atoms with van der Waals surface area (Å²) in [6.45, 7) is 10.1. The Morgan fingerprint density at radius 1 is 1.17 bits per heavy atom. The van der Waals surface area contributed by atoms with Crippen LogP contribution in [-0.2, 0) is 4.79 Å². The van der Waals surface area contributed by atoms with Crippen LogP contribution in [-0.4, -0.2) is 58.9 Å². The number of benzene rings is 1. The number of carbonyl (C=O) groups is 1. The predicted octanol–water partition coefficient (Wildman–Crippen LogP) is 4.72. The predicted molar refractivity (Wildman–Crippen MR) is 132 cm³/mol. The number of amides is 1. The van der Waals surface area contributed by atoms with Gasteiger partial charge in [0.2, 0.25) is 5.91 Å². The minimum Gasteiger partial charge on any atom is -0.412 e. The molecule has 30 heavy (non-hydrogen) atoms. The second-order valence-electron chi connectivity index (χ2n) is 8.09. The third-order valence-electron chi connectivity index (χ3n) is 6.71. The molecule has 1 aromatic rings. The zero-order chi connectivity index (χ0) is 19.4. The highest BCUT2D eigenvalue weighted by Crippen LogP contribution is 2.34. The number of hydrogen-bond acceptors (Lipinski definition) is 3. The molecule has 8 heteroatoms. The highest BCUT2D eigenvalue weighted by molar-refractivity contribution is 6.31. The van der Waals surface area contributed by atoms with Crippen molar-refractivity contribution >= 4 is 48.0 Å². The van der Waals surface area contributed by atoms with Gasteiger partial charge in [-0.05, 0) is 63.4 Å². The Balaban J connectivity index is 0.00000280. The fourth-order valence-corrected chi connectivity index (χ4v) is 5.18. The molecular formula is C22H38Cl3N3O2. The summed E-state index contributed by atoms with van der Waals surface area (Å²) >= 11 is 6.16. The molecule has 0 atom stereocenters. The third-order valence-corrected chi connectivity index (χ3v) is 6.94. The lowest BCUT2D eigenvalue weighted by molar-refractivity contribution is -0.132. The van der Waals surface area contributed by atoms with E-state index in [1.807, 2.05) is 25.1 Å². The smallest absolute Gasteiger partial charge is 0.245 e. The zero-order valence-corrected chi connectivity index (χ0v) is 20.8. The average Bonchev–Trinajstić information content (AvgIpc) is 3.21. The van der Waals surface area contributed by atoms with Crippen molar-refractivity contribution in [1.82, 2.24) is 9.80 Å². The molecule has 5 nitrogen and oxygen atoms in total. The number of anilines is 1. The molecule has 2 fully saturated rings. The van der Waals surface area contributed by atoms with Crippen molar-refractivity contribution in [1.29, 1.82) is 0 Å². The number of likely N-dealkylation sites (N-methyl/N-ethyl adjacent to an activating group) is 1. The van der Waals surface area contributed by atoms with Crippen molar-refractivity contribution in [3.8, 4) is 0 Å². The Bertz CT molecular complexity index is 657. The number of hydrogen-bond donors (Lipinski definition) is 1. The SMILES string of the molecule is CCN(CC)C1(C(=O)Nc2cc(Cl)ccc2C)CCN(C2CCCC2)CC1.Cl.Cl.O. The molecule has 3 rings (SSSR count). The number of nitrogens with one attached hydrogen (secondary N) is 1. The summed E-state index contributed by atoms with van der Waals surface area (Å²) in [4.78, 5) is 18.5. The Morgan fingerprint density at radius 2 is 1.73 bits per heavy atom. The normalized spacial score (nSPS) is 18.8. The number of aryl methyl sites for hydroxylation is 1. The quantitative estimate of drug-likeness (QED) is 0.637. The molecule has 0 radical (unpaired) electrons. The van der Waals surface area contributed by atoms with Crippen LogP contribution in [0.25, 0.3) is 0 Å². The monoisotopic (exact) mass is 481 g/mol. The zero-order valence-electron chi connectivity index (χ0n) is 18.4. The van der Waals surface area contributed by atoms with E-state index in [0.717, 1.165) is 56.3 Å². The van der Waals surface area contributed by atoms with Crippen molar-refractivity contribution in [2.75, 3.05) is 31.5 Å². The van der Waals surface area contributed by atoms with Crippen LogP contribution in [0.1, 0.15) is 57.9 Å². The van der Waals surface area contributed by atoms with Crippen molar-refractivity contribution in [2.45, 2.75) is 70.9 Å². The molecule has 1 saturated carbocycles. The van der Waals surface area contributed by atoms with Gasteiger partial charge in [-0.2, -0.15) is 0 Å². The Hall–Kier alpha value is -0.560. The summed E-state index contributed by atoms with van der Waals surface area (Å²) in [5.74, 6) is 0.127. The molecule has 2 aliphatic rings. The van der Waals surface area contributed by atoms with Crippen molar-refractivity contribution in [2.24, 2.45) is 0 Å². The van der Waals surface area contributed by atoms with E-state index in [1.165, 1.54) is 25.7 Å². The van der Waals surface area contributed by atoms with Crippen molar-refractivity contribution in [3.63, 3.8) is 0 Å². The van der Waals surface area contributed by atoms with Crippen LogP contribution in [0, 0.1) is 6.92 Å². The molecule has 174 valence electrons. The molecule has 0 spiro atoms. The second kappa shape index (κ2) is 13.1. The molecule has 0 bridgehead atoms. The largest absolute Gasteiger partial charge is 0.412 e. The summed E-state index contributed by atoms with van der Waals surface area (Å²) in [5.41, 5.74) is 1.45. The van der Waals surface area contributed by atoms with E-state index in [2.05, 4.69) is 29.0 Å². The fourth-order valence-electron chi connectivity index (χ4n) is 5.01. The van der Waals surface area contributed by atoms with Crippen molar-refractivity contribution < 1.29 is 10.3 Å². The minimum absolute atomic E-state index is 0. The second-order valence-corrected chi connectivity index (χ2v) is 8.53. The first-order chi connectivity index (χ1) is 13.0. The first kappa shape index (κ1) is 29.4. The van der Waals surface area contributed by atoms with E-state index in [9.17, 15) is 4.79 Å². The lowest BCUT2D eigenvalue weighted by Gasteiger charge is -2.48. The topological polar surface area (TPSA) is 67.1 Å². The van der Waals surface area contributed by atoms with Gasteiger partial charge in [-0.1, -0.05) is 44.4 Å². The third kappa shape index (κ3) is 6.24. The number of likely N-dealkylation sites (tertiary alicyclic amines) is 1. The molecule has 0 aromatic heterocycles. The highest BCUT2D eigenvalue weighted by Gasteiger charge is 2.46. The average molecular weight is 483 g/mol. The van der Waals surface area contributed by atoms with E-state index < -0.39 is 5.54 Å². The van der Waals surface area contributed by atoms with Gasteiger partial charge in [0.1, 0.15) is 5.54 Å². The van der Waals surface area contributed by atoms with Gasteiger partial charge >= 0.3 is 0 Å². The molecule has 0 unspecified atom stereocenters. The molecular weight excluding hydrogens is 445 g/mol. The first-order valence-corrected chi connectivity index (χ1v) is 10.9. The maximum Gasteiger partial charge on any atom is 0.245 e. The summed E-state index contributed by atoms with van der Waals surface area (Å²) in [5, 5.41) is 3.87. The Kier molecular flexibility index (Phi) is 12.8. The lowest BCUT2D eigenvalue weighted by atomic mass is 9.83. The van der Waals surface area contributed by atoms with E-state index >= 15 is 0 Å². The van der Waals surface area contributed by atoms with Gasteiger partial charge < -0.3 is 15.7 Å². The maximum atomic E-state index is 13.5. The van der Waals surface area contributed by atoms with Crippen LogP contribution in [0.4, 0.5) is 5.69 Å². The van der Waals surface area contributed by atoms with Gasteiger partial charge in [0, 0.05) is 29.8 Å². The van der Waals surface area contributed by atoms with Crippen LogP contribution in [0.5, 0.6) is 0 Å². The van der Waals surface area contributed by atoms with Crippen LogP contribution in [0.15, 0.2) is 18.2 Å². The lowest BCUT2D eigenvalue weighted by Crippen LogP contribution is -2.62. The van der Waals surface area contributed by atoms with Gasteiger partial charge in [0.05, 0.1) is 0 Å². The first-order valence-electron chi connectivity index (χ1n) is 10.6. The number of nitrogens with zero attached hydrogens (tertiary/aromatic N) is 2. The maximum absolute atomic E-state index is 13.5. The summed E-state index contributed by atoms with van der Waals surface area (Å²) in [6, 6.07) is 6.42. The summed E-state index contributed by atoms with van der Waals surface area (Å²) < 4.78 is 0. The standard InChI is InChI=1S/C22H34ClN3O.2ClH.H2O/c1-4-26(5-2)22(12-14-25(15-13-22)19-8-6-7-9-19)21(27)24-20-16-18(23)11-10-17(20)3;;;/h10-11,16,19H,4-9,12-15H2,1-3H3,(H,24,27);2*1H;1H2. The van der Waals surface area contributed by atoms with Crippen LogP contribution < -0.4 is 5.32 Å². The molecule has 1 aliphatic heterocycles. The Morgan fingerprint density at radius 3 is 2.27 bits per heavy atom. The summed E-state index contributed by atoms with van der Waals surface area (Å²) in [6.07, 6.45) is 7.17. The Labute approximate surface area is 199 Å². The van der Waals surface area contributed by atoms with E-state index in [0.29, 0.717) is 5.02 Å². The molecule has 1 aliphatic carbocycles.